The lowest BCUT2D eigenvalue weighted by molar-refractivity contribution is -0.122. The molecular weight excluding hydrogens is 540 g/mol. The Morgan fingerprint density at radius 3 is 2.40 bits per heavy atom. The first-order valence-corrected chi connectivity index (χ1v) is 14.4. The van der Waals surface area contributed by atoms with Crippen LogP contribution >= 0.6 is 0 Å². The lowest BCUT2D eigenvalue weighted by atomic mass is 9.62. The van der Waals surface area contributed by atoms with E-state index in [1.165, 1.54) is 0 Å². The number of para-hydroxylation sites is 2. The molecule has 0 unspecified atom stereocenters. The SMILES string of the molecule is CCOc1ccccc1C(=O)[C@@H]1[C@@H](C(=O)c2ccc(OC)cc2)N2C=Cc3ccccc3[C@@H]2[C@]12C(=O)Nc1ccccc12. The molecule has 1 spiro atoms. The molecule has 0 saturated carbocycles. The van der Waals surface area contributed by atoms with Gasteiger partial charge in [-0.15, -0.1) is 0 Å². The van der Waals surface area contributed by atoms with Crippen molar-refractivity contribution >= 4 is 29.2 Å². The maximum atomic E-state index is 15.1. The first-order chi connectivity index (χ1) is 21.0. The van der Waals surface area contributed by atoms with Crippen LogP contribution in [0.2, 0.25) is 0 Å². The van der Waals surface area contributed by atoms with Crippen molar-refractivity contribution in [2.45, 2.75) is 24.4 Å². The third-order valence-corrected chi connectivity index (χ3v) is 8.95. The Balaban J connectivity index is 1.52. The largest absolute Gasteiger partial charge is 0.497 e. The van der Waals surface area contributed by atoms with Crippen molar-refractivity contribution in [1.82, 2.24) is 4.90 Å². The van der Waals surface area contributed by atoms with E-state index in [2.05, 4.69) is 5.32 Å². The van der Waals surface area contributed by atoms with Crippen LogP contribution in [0.3, 0.4) is 0 Å². The lowest BCUT2D eigenvalue weighted by Gasteiger charge is -2.38. The number of methoxy groups -OCH3 is 1. The number of hydrogen-bond acceptors (Lipinski definition) is 6. The van der Waals surface area contributed by atoms with Gasteiger partial charge in [0.15, 0.2) is 11.6 Å². The van der Waals surface area contributed by atoms with E-state index in [4.69, 9.17) is 9.47 Å². The van der Waals surface area contributed by atoms with E-state index in [1.54, 1.807) is 49.6 Å². The maximum absolute atomic E-state index is 15.1. The van der Waals surface area contributed by atoms with Gasteiger partial charge in [0.05, 0.1) is 31.2 Å². The zero-order valence-corrected chi connectivity index (χ0v) is 23.8. The number of ether oxygens (including phenoxy) is 2. The number of rotatable bonds is 7. The summed E-state index contributed by atoms with van der Waals surface area (Å²) in [5.74, 6) is -0.903. The van der Waals surface area contributed by atoms with E-state index in [9.17, 15) is 9.59 Å². The van der Waals surface area contributed by atoms with Crippen LogP contribution in [0.1, 0.15) is 50.4 Å². The van der Waals surface area contributed by atoms with Crippen LogP contribution in [-0.2, 0) is 10.2 Å². The van der Waals surface area contributed by atoms with Gasteiger partial charge < -0.3 is 19.7 Å². The average Bonchev–Trinajstić information content (AvgIpc) is 3.53. The second kappa shape index (κ2) is 10.3. The quantitative estimate of drug-likeness (QED) is 0.271. The molecule has 7 nitrogen and oxygen atoms in total. The van der Waals surface area contributed by atoms with Gasteiger partial charge in [0.2, 0.25) is 5.91 Å². The van der Waals surface area contributed by atoms with Crippen molar-refractivity contribution in [1.29, 1.82) is 0 Å². The zero-order chi connectivity index (χ0) is 29.7. The third kappa shape index (κ3) is 3.84. The maximum Gasteiger partial charge on any atom is 0.238 e. The van der Waals surface area contributed by atoms with Crippen LogP contribution in [0.4, 0.5) is 5.69 Å². The molecule has 7 rings (SSSR count). The Morgan fingerprint density at radius 1 is 0.884 bits per heavy atom. The van der Waals surface area contributed by atoms with Crippen molar-refractivity contribution in [2.24, 2.45) is 5.92 Å². The van der Waals surface area contributed by atoms with Gasteiger partial charge >= 0.3 is 0 Å². The Hall–Kier alpha value is -5.17. The number of fused-ring (bicyclic) bond motifs is 6. The van der Waals surface area contributed by atoms with Gasteiger partial charge in [-0.2, -0.15) is 0 Å². The third-order valence-electron chi connectivity index (χ3n) is 8.95. The van der Waals surface area contributed by atoms with Gasteiger partial charge in [0.25, 0.3) is 0 Å². The summed E-state index contributed by atoms with van der Waals surface area (Å²) in [6, 6.07) is 27.7. The van der Waals surface area contributed by atoms with Crippen molar-refractivity contribution in [3.63, 3.8) is 0 Å². The fourth-order valence-electron chi connectivity index (χ4n) is 7.21. The summed E-state index contributed by atoms with van der Waals surface area (Å²) in [4.78, 5) is 46.3. The van der Waals surface area contributed by atoms with E-state index in [-0.39, 0.29) is 17.5 Å². The van der Waals surface area contributed by atoms with E-state index < -0.39 is 23.4 Å². The normalized spacial score (nSPS) is 22.9. The smallest absolute Gasteiger partial charge is 0.238 e. The van der Waals surface area contributed by atoms with Crippen LogP contribution in [-0.4, -0.2) is 42.1 Å². The fraction of sp³-hybridized carbons (Fsp3) is 0.194. The lowest BCUT2D eigenvalue weighted by Crippen LogP contribution is -2.49. The number of amides is 1. The number of carbonyl (C=O) groups excluding carboxylic acids is 3. The number of carbonyl (C=O) groups is 3. The number of ketones is 2. The summed E-state index contributed by atoms with van der Waals surface area (Å²) in [5, 5.41) is 3.08. The summed E-state index contributed by atoms with van der Waals surface area (Å²) in [6.45, 7) is 2.22. The van der Waals surface area contributed by atoms with Gasteiger partial charge in [-0.1, -0.05) is 54.6 Å². The topological polar surface area (TPSA) is 84.9 Å². The molecule has 1 saturated heterocycles. The molecule has 0 bridgehead atoms. The number of Topliss-reactive ketones (excluding diaryl/α,β-unsaturated/α-hetero) is 2. The molecule has 43 heavy (non-hydrogen) atoms. The molecule has 4 aromatic rings. The van der Waals surface area contributed by atoms with Gasteiger partial charge in [0, 0.05) is 17.5 Å². The summed E-state index contributed by atoms with van der Waals surface area (Å²) in [6.07, 6.45) is 3.82. The van der Waals surface area contributed by atoms with Crippen molar-refractivity contribution in [3.8, 4) is 11.5 Å². The highest BCUT2D eigenvalue weighted by Crippen LogP contribution is 2.62. The molecule has 0 radical (unpaired) electrons. The minimum Gasteiger partial charge on any atom is -0.497 e. The van der Waals surface area contributed by atoms with Crippen molar-refractivity contribution in [2.75, 3.05) is 19.0 Å². The zero-order valence-electron chi connectivity index (χ0n) is 23.8. The van der Waals surface area contributed by atoms with Gasteiger partial charge in [-0.25, -0.2) is 0 Å². The molecule has 0 aromatic heterocycles. The van der Waals surface area contributed by atoms with Gasteiger partial charge in [-0.3, -0.25) is 14.4 Å². The fourth-order valence-corrected chi connectivity index (χ4v) is 7.21. The molecule has 0 aliphatic carbocycles. The molecule has 1 amide bonds. The van der Waals surface area contributed by atoms with Gasteiger partial charge in [0.1, 0.15) is 23.0 Å². The first-order valence-electron chi connectivity index (χ1n) is 14.4. The predicted octanol–water partition coefficient (Wildman–Crippen LogP) is 6.08. The summed E-state index contributed by atoms with van der Waals surface area (Å²) >= 11 is 0. The van der Waals surface area contributed by atoms with E-state index in [1.807, 2.05) is 78.7 Å². The molecule has 3 heterocycles. The number of nitrogens with zero attached hydrogens (tertiary/aromatic N) is 1. The monoisotopic (exact) mass is 570 g/mol. The highest BCUT2D eigenvalue weighted by Gasteiger charge is 2.70. The number of benzene rings is 4. The molecule has 1 N–H and O–H groups in total. The van der Waals surface area contributed by atoms with E-state index in [0.29, 0.717) is 40.5 Å². The van der Waals surface area contributed by atoms with Crippen LogP contribution in [0.15, 0.2) is 103 Å². The van der Waals surface area contributed by atoms with E-state index in [0.717, 1.165) is 11.1 Å². The van der Waals surface area contributed by atoms with Crippen LogP contribution in [0, 0.1) is 5.92 Å². The molecule has 3 aliphatic rings. The highest BCUT2D eigenvalue weighted by molar-refractivity contribution is 6.17. The number of nitrogens with one attached hydrogen (secondary N) is 1. The minimum atomic E-state index is -1.40. The second-order valence-corrected chi connectivity index (χ2v) is 11.0. The number of hydrogen-bond donors (Lipinski definition) is 1. The Kier molecular flexibility index (Phi) is 6.38. The molecule has 4 atom stereocenters. The molecule has 1 fully saturated rings. The van der Waals surface area contributed by atoms with Gasteiger partial charge in [-0.05, 0) is 72.2 Å². The molecule has 7 heteroatoms. The van der Waals surface area contributed by atoms with E-state index >= 15 is 4.79 Å². The van der Waals surface area contributed by atoms with Crippen molar-refractivity contribution in [3.05, 3.63) is 131 Å². The van der Waals surface area contributed by atoms with Crippen LogP contribution < -0.4 is 14.8 Å². The molecule has 3 aliphatic heterocycles. The Morgan fingerprint density at radius 2 is 1.60 bits per heavy atom. The number of anilines is 1. The predicted molar refractivity (Wildman–Crippen MR) is 163 cm³/mol. The second-order valence-electron chi connectivity index (χ2n) is 11.0. The Bertz CT molecular complexity index is 1800. The van der Waals surface area contributed by atoms with Crippen LogP contribution in [0.5, 0.6) is 11.5 Å². The average molecular weight is 571 g/mol. The van der Waals surface area contributed by atoms with Crippen LogP contribution in [0.25, 0.3) is 6.08 Å². The summed E-state index contributed by atoms with van der Waals surface area (Å²) in [7, 11) is 1.57. The molecule has 214 valence electrons. The summed E-state index contributed by atoms with van der Waals surface area (Å²) < 4.78 is 11.2. The minimum absolute atomic E-state index is 0.252. The molecule has 4 aromatic carbocycles. The first kappa shape index (κ1) is 26.7. The summed E-state index contributed by atoms with van der Waals surface area (Å²) in [5.41, 5.74) is 2.55. The highest BCUT2D eigenvalue weighted by atomic mass is 16.5. The standard InChI is InChI=1S/C36H30N2O5/c1-3-43-29-15-9-6-12-26(29)33(40)30-31(32(39)23-16-18-24(42-2)19-17-23)38-21-20-22-10-4-5-11-25(22)34(38)36(30)27-13-7-8-14-28(27)37-35(36)41/h4-21,30-31,34H,3H2,1-2H3,(H,37,41)/t30-,31-,34+,36+/m0/s1. The molecular formula is C36H30N2O5. The Labute approximate surface area is 249 Å². The van der Waals surface area contributed by atoms with Crippen molar-refractivity contribution < 1.29 is 23.9 Å².